The molecule has 9 heteroatoms. The van der Waals surface area contributed by atoms with Gasteiger partial charge in [-0.3, -0.25) is 4.68 Å². The summed E-state index contributed by atoms with van der Waals surface area (Å²) >= 11 is 0. The van der Waals surface area contributed by atoms with Crippen LogP contribution < -0.4 is 5.32 Å². The minimum Gasteiger partial charge on any atom is -0.339 e. The largest absolute Gasteiger partial charge is 0.416 e. The lowest BCUT2D eigenvalue weighted by Crippen LogP contribution is -2.04. The zero-order valence-electron chi connectivity index (χ0n) is 14.5. The average molecular weight is 387 g/mol. The number of aromatic nitrogens is 4. The Bertz CT molecular complexity index is 1150. The number of aryl methyl sites for hydroxylation is 1. The van der Waals surface area contributed by atoms with Crippen LogP contribution >= 0.6 is 0 Å². The van der Waals surface area contributed by atoms with Crippen LogP contribution in [0.2, 0.25) is 0 Å². The molecule has 0 saturated carbocycles. The third-order valence-electron chi connectivity index (χ3n) is 4.27. The molecule has 4 rings (SSSR count). The Morgan fingerprint density at radius 1 is 1.00 bits per heavy atom. The van der Waals surface area contributed by atoms with E-state index in [0.717, 1.165) is 12.1 Å². The van der Waals surface area contributed by atoms with E-state index in [1.165, 1.54) is 30.6 Å². The van der Waals surface area contributed by atoms with Gasteiger partial charge < -0.3 is 5.32 Å². The number of anilines is 2. The maximum Gasteiger partial charge on any atom is 0.416 e. The fourth-order valence-corrected chi connectivity index (χ4v) is 2.87. The topological polar surface area (TPSA) is 55.6 Å². The first kappa shape index (κ1) is 17.9. The van der Waals surface area contributed by atoms with Crippen LogP contribution in [0.5, 0.6) is 0 Å². The molecule has 4 aromatic rings. The summed E-state index contributed by atoms with van der Waals surface area (Å²) in [6, 6.07) is 8.96. The number of rotatable bonds is 3. The molecule has 5 nitrogen and oxygen atoms in total. The predicted octanol–water partition coefficient (Wildman–Crippen LogP) is 4.93. The van der Waals surface area contributed by atoms with Gasteiger partial charge in [0.25, 0.3) is 0 Å². The summed E-state index contributed by atoms with van der Waals surface area (Å²) in [4.78, 5) is 8.21. The number of benzene rings is 2. The SMILES string of the molecule is Cn1ncc2c(Nc3cc(-c4ccc(C(F)(F)F)cc4)ncn3)cc(F)cc21. The zero-order chi connectivity index (χ0) is 19.9. The summed E-state index contributed by atoms with van der Waals surface area (Å²) < 4.78 is 53.6. The molecule has 0 saturated heterocycles. The molecule has 142 valence electrons. The Balaban J connectivity index is 1.67. The van der Waals surface area contributed by atoms with Crippen molar-refractivity contribution in [3.8, 4) is 11.3 Å². The van der Waals surface area contributed by atoms with Gasteiger partial charge in [0.05, 0.1) is 28.7 Å². The third kappa shape index (κ3) is 3.38. The second kappa shape index (κ2) is 6.59. The minimum absolute atomic E-state index is 0.376. The van der Waals surface area contributed by atoms with Crippen molar-refractivity contribution in [3.05, 3.63) is 66.4 Å². The summed E-state index contributed by atoms with van der Waals surface area (Å²) in [5, 5.41) is 7.85. The van der Waals surface area contributed by atoms with Crippen LogP contribution in [0.1, 0.15) is 5.56 Å². The number of halogens is 4. The number of hydrogen-bond donors (Lipinski definition) is 1. The molecule has 2 aromatic carbocycles. The number of alkyl halides is 3. The van der Waals surface area contributed by atoms with Crippen molar-refractivity contribution in [1.29, 1.82) is 0 Å². The summed E-state index contributed by atoms with van der Waals surface area (Å²) in [6.45, 7) is 0. The Morgan fingerprint density at radius 3 is 2.46 bits per heavy atom. The number of hydrogen-bond acceptors (Lipinski definition) is 4. The maximum atomic E-state index is 13.9. The van der Waals surface area contributed by atoms with Crippen LogP contribution in [0.25, 0.3) is 22.2 Å². The van der Waals surface area contributed by atoms with E-state index < -0.39 is 17.6 Å². The molecule has 0 spiro atoms. The normalized spacial score (nSPS) is 11.8. The van der Waals surface area contributed by atoms with E-state index in [2.05, 4.69) is 20.4 Å². The lowest BCUT2D eigenvalue weighted by atomic mass is 10.1. The van der Waals surface area contributed by atoms with Gasteiger partial charge in [-0.15, -0.1) is 0 Å². The highest BCUT2D eigenvalue weighted by Gasteiger charge is 2.30. The van der Waals surface area contributed by atoms with Gasteiger partial charge in [0.2, 0.25) is 0 Å². The Labute approximate surface area is 156 Å². The third-order valence-corrected chi connectivity index (χ3v) is 4.27. The molecule has 0 aliphatic heterocycles. The van der Waals surface area contributed by atoms with E-state index in [4.69, 9.17) is 0 Å². The van der Waals surface area contributed by atoms with Gasteiger partial charge in [0, 0.05) is 24.1 Å². The van der Waals surface area contributed by atoms with Crippen LogP contribution in [-0.4, -0.2) is 19.7 Å². The summed E-state index contributed by atoms with van der Waals surface area (Å²) in [5.74, 6) is -0.0590. The molecule has 2 heterocycles. The minimum atomic E-state index is -4.40. The fraction of sp³-hybridized carbons (Fsp3) is 0.105. The molecule has 0 atom stereocenters. The second-order valence-electron chi connectivity index (χ2n) is 6.14. The standard InChI is InChI=1S/C19H13F4N5/c1-28-17-7-13(20)6-16(14(17)9-26-28)27-18-8-15(24-10-25-18)11-2-4-12(5-3-11)19(21,22)23/h2-10H,1H3,(H,24,25,27). The molecule has 0 radical (unpaired) electrons. The maximum absolute atomic E-state index is 13.9. The van der Waals surface area contributed by atoms with Crippen molar-refractivity contribution in [2.45, 2.75) is 6.18 Å². The highest BCUT2D eigenvalue weighted by molar-refractivity contribution is 5.93. The Kier molecular flexibility index (Phi) is 4.21. The lowest BCUT2D eigenvalue weighted by Gasteiger charge is -2.10. The second-order valence-corrected chi connectivity index (χ2v) is 6.14. The number of nitrogens with one attached hydrogen (secondary N) is 1. The van der Waals surface area contributed by atoms with Gasteiger partial charge >= 0.3 is 6.18 Å². The summed E-state index contributed by atoms with van der Waals surface area (Å²) in [7, 11) is 1.71. The number of nitrogens with zero attached hydrogens (tertiary/aromatic N) is 4. The molecule has 0 aliphatic rings. The van der Waals surface area contributed by atoms with Crippen molar-refractivity contribution in [3.63, 3.8) is 0 Å². The first-order valence-electron chi connectivity index (χ1n) is 8.19. The van der Waals surface area contributed by atoms with E-state index in [0.29, 0.717) is 33.7 Å². The van der Waals surface area contributed by atoms with E-state index >= 15 is 0 Å². The van der Waals surface area contributed by atoms with Gasteiger partial charge in [0.15, 0.2) is 0 Å². The van der Waals surface area contributed by atoms with Crippen LogP contribution in [-0.2, 0) is 13.2 Å². The molecule has 0 amide bonds. The van der Waals surface area contributed by atoms with Gasteiger partial charge in [-0.1, -0.05) is 12.1 Å². The van der Waals surface area contributed by atoms with Gasteiger partial charge in [-0.2, -0.15) is 18.3 Å². The van der Waals surface area contributed by atoms with Gasteiger partial charge in [-0.05, 0) is 24.3 Å². The van der Waals surface area contributed by atoms with E-state index in [-0.39, 0.29) is 0 Å². The van der Waals surface area contributed by atoms with Gasteiger partial charge in [0.1, 0.15) is 18.0 Å². The predicted molar refractivity (Wildman–Crippen MR) is 96.4 cm³/mol. The molecule has 0 fully saturated rings. The molecule has 0 bridgehead atoms. The first-order valence-corrected chi connectivity index (χ1v) is 8.19. The Morgan fingerprint density at radius 2 is 1.75 bits per heavy atom. The van der Waals surface area contributed by atoms with Crippen molar-refractivity contribution in [2.24, 2.45) is 7.05 Å². The van der Waals surface area contributed by atoms with Crippen LogP contribution in [0.3, 0.4) is 0 Å². The molecule has 1 N–H and O–H groups in total. The molecule has 28 heavy (non-hydrogen) atoms. The first-order chi connectivity index (χ1) is 13.3. The van der Waals surface area contributed by atoms with Gasteiger partial charge in [-0.25, -0.2) is 14.4 Å². The summed E-state index contributed by atoms with van der Waals surface area (Å²) in [6.07, 6.45) is -1.51. The van der Waals surface area contributed by atoms with Crippen molar-refractivity contribution < 1.29 is 17.6 Å². The van der Waals surface area contributed by atoms with E-state index in [1.807, 2.05) is 0 Å². The summed E-state index contributed by atoms with van der Waals surface area (Å²) in [5.41, 5.74) is 1.29. The lowest BCUT2D eigenvalue weighted by molar-refractivity contribution is -0.137. The number of fused-ring (bicyclic) bond motifs is 1. The van der Waals surface area contributed by atoms with Crippen LogP contribution in [0.4, 0.5) is 29.1 Å². The van der Waals surface area contributed by atoms with Crippen LogP contribution in [0, 0.1) is 5.82 Å². The average Bonchev–Trinajstić information content (AvgIpc) is 3.02. The Hall–Kier alpha value is -3.49. The van der Waals surface area contributed by atoms with E-state index in [1.54, 1.807) is 24.0 Å². The monoisotopic (exact) mass is 387 g/mol. The molecule has 0 aliphatic carbocycles. The molecular weight excluding hydrogens is 374 g/mol. The highest BCUT2D eigenvalue weighted by Crippen LogP contribution is 2.31. The van der Waals surface area contributed by atoms with Crippen molar-refractivity contribution >= 4 is 22.4 Å². The van der Waals surface area contributed by atoms with Crippen LogP contribution in [0.15, 0.2) is 55.0 Å². The molecular formula is C19H13F4N5. The zero-order valence-corrected chi connectivity index (χ0v) is 14.5. The highest BCUT2D eigenvalue weighted by atomic mass is 19.4. The fourth-order valence-electron chi connectivity index (χ4n) is 2.87. The van der Waals surface area contributed by atoms with Crippen molar-refractivity contribution in [1.82, 2.24) is 19.7 Å². The van der Waals surface area contributed by atoms with Crippen molar-refractivity contribution in [2.75, 3.05) is 5.32 Å². The quantitative estimate of drug-likeness (QED) is 0.507. The van der Waals surface area contributed by atoms with E-state index in [9.17, 15) is 17.6 Å². The smallest absolute Gasteiger partial charge is 0.339 e. The molecule has 2 aromatic heterocycles. The molecule has 0 unspecified atom stereocenters.